The highest BCUT2D eigenvalue weighted by Gasteiger charge is 2.24. The van der Waals surface area contributed by atoms with Crippen molar-refractivity contribution in [2.75, 3.05) is 12.3 Å². The second-order valence-electron chi connectivity index (χ2n) is 7.68. The number of imidazole rings is 1. The molecule has 5 aromatic rings. The normalized spacial score (nSPS) is 16.6. The number of nitrogens with zero attached hydrogens (tertiary/aromatic N) is 7. The summed E-state index contributed by atoms with van der Waals surface area (Å²) in [7, 11) is 0. The van der Waals surface area contributed by atoms with Crippen molar-refractivity contribution in [3.8, 4) is 22.7 Å². The molecule has 0 unspecified atom stereocenters. The summed E-state index contributed by atoms with van der Waals surface area (Å²) in [6.45, 7) is 2.79. The fraction of sp³-hybridized carbons (Fsp3) is 0.286. The molecule has 0 amide bonds. The number of nitrogens with two attached hydrogens (primary N) is 1. The third-order valence-corrected chi connectivity index (χ3v) is 5.60. The van der Waals surface area contributed by atoms with Gasteiger partial charge in [-0.1, -0.05) is 0 Å². The maximum atomic E-state index is 6.26. The molecule has 0 radical (unpaired) electrons. The van der Waals surface area contributed by atoms with Crippen molar-refractivity contribution in [1.29, 1.82) is 0 Å². The zero-order chi connectivity index (χ0) is 20.9. The largest absolute Gasteiger partial charge is 0.443 e. The lowest BCUT2D eigenvalue weighted by molar-refractivity contribution is 0.110. The highest BCUT2D eigenvalue weighted by Crippen LogP contribution is 2.34. The van der Waals surface area contributed by atoms with Crippen molar-refractivity contribution in [3.63, 3.8) is 0 Å². The van der Waals surface area contributed by atoms with Gasteiger partial charge in [0.15, 0.2) is 11.5 Å². The van der Waals surface area contributed by atoms with Crippen LogP contribution in [0.25, 0.3) is 34.0 Å². The molecule has 1 aliphatic rings. The average molecular weight is 416 g/mol. The number of hydrogen-bond donors (Lipinski definition) is 1. The topological polar surface area (TPSA) is 122 Å². The summed E-state index contributed by atoms with van der Waals surface area (Å²) in [5, 5.41) is 4.62. The van der Waals surface area contributed by atoms with E-state index in [1.807, 2.05) is 35.9 Å². The molecule has 1 atom stereocenters. The number of ether oxygens (including phenoxy) is 1. The van der Waals surface area contributed by atoms with Gasteiger partial charge in [0.2, 0.25) is 11.8 Å². The first kappa shape index (κ1) is 18.0. The van der Waals surface area contributed by atoms with Crippen molar-refractivity contribution >= 4 is 17.2 Å². The summed E-state index contributed by atoms with van der Waals surface area (Å²) in [6, 6.07) is 3.94. The SMILES string of the molecule is Cc1cnc2ccc(-c3c(-c4ncco4)nc(N)n4nc(C[C@H]5CCCO5)nc34)cn12. The molecular formula is C21H20N8O2. The van der Waals surface area contributed by atoms with Crippen LogP contribution in [-0.4, -0.2) is 46.7 Å². The van der Waals surface area contributed by atoms with Crippen LogP contribution in [-0.2, 0) is 11.2 Å². The van der Waals surface area contributed by atoms with E-state index in [-0.39, 0.29) is 12.1 Å². The molecule has 6 heterocycles. The van der Waals surface area contributed by atoms with E-state index in [0.29, 0.717) is 29.5 Å². The zero-order valence-corrected chi connectivity index (χ0v) is 16.9. The second-order valence-corrected chi connectivity index (χ2v) is 7.68. The van der Waals surface area contributed by atoms with Gasteiger partial charge < -0.3 is 19.3 Å². The Morgan fingerprint density at radius 2 is 2.16 bits per heavy atom. The molecule has 31 heavy (non-hydrogen) atoms. The first-order valence-electron chi connectivity index (χ1n) is 10.2. The molecule has 10 heteroatoms. The maximum Gasteiger partial charge on any atom is 0.245 e. The second kappa shape index (κ2) is 6.88. The van der Waals surface area contributed by atoms with E-state index in [4.69, 9.17) is 19.9 Å². The first-order valence-corrected chi connectivity index (χ1v) is 10.2. The Labute approximate surface area is 176 Å². The molecule has 1 saturated heterocycles. The number of anilines is 1. The molecule has 0 bridgehead atoms. The number of rotatable bonds is 4. The number of aryl methyl sites for hydroxylation is 1. The van der Waals surface area contributed by atoms with E-state index in [2.05, 4.69) is 20.1 Å². The van der Waals surface area contributed by atoms with Gasteiger partial charge in [-0.15, -0.1) is 5.10 Å². The first-order chi connectivity index (χ1) is 15.2. The van der Waals surface area contributed by atoms with E-state index in [1.54, 1.807) is 10.7 Å². The van der Waals surface area contributed by atoms with Gasteiger partial charge in [-0.2, -0.15) is 4.52 Å². The molecule has 1 fully saturated rings. The lowest BCUT2D eigenvalue weighted by atomic mass is 10.1. The zero-order valence-electron chi connectivity index (χ0n) is 16.9. The van der Waals surface area contributed by atoms with Crippen LogP contribution in [0.2, 0.25) is 0 Å². The average Bonchev–Trinajstić information content (AvgIpc) is 3.56. The van der Waals surface area contributed by atoms with Crippen molar-refractivity contribution < 1.29 is 9.15 Å². The number of oxazole rings is 1. The summed E-state index contributed by atoms with van der Waals surface area (Å²) >= 11 is 0. The molecule has 0 saturated carbocycles. The summed E-state index contributed by atoms with van der Waals surface area (Å²) in [6.07, 6.45) is 9.77. The Morgan fingerprint density at radius 1 is 1.23 bits per heavy atom. The molecule has 5 aromatic heterocycles. The smallest absolute Gasteiger partial charge is 0.245 e. The minimum absolute atomic E-state index is 0.131. The van der Waals surface area contributed by atoms with Crippen molar-refractivity contribution in [3.05, 3.63) is 48.5 Å². The van der Waals surface area contributed by atoms with Crippen LogP contribution in [0, 0.1) is 6.92 Å². The summed E-state index contributed by atoms with van der Waals surface area (Å²) < 4.78 is 14.9. The molecule has 0 spiro atoms. The van der Waals surface area contributed by atoms with Gasteiger partial charge in [-0.05, 0) is 31.9 Å². The summed E-state index contributed by atoms with van der Waals surface area (Å²) in [5.41, 5.74) is 10.9. The maximum absolute atomic E-state index is 6.26. The Balaban J connectivity index is 1.60. The van der Waals surface area contributed by atoms with Crippen LogP contribution in [0.3, 0.4) is 0 Å². The molecule has 6 rings (SSSR count). The van der Waals surface area contributed by atoms with Gasteiger partial charge >= 0.3 is 0 Å². The quantitative estimate of drug-likeness (QED) is 0.475. The Kier molecular flexibility index (Phi) is 4.00. The molecule has 0 aromatic carbocycles. The van der Waals surface area contributed by atoms with Gasteiger partial charge in [0.25, 0.3) is 0 Å². The third kappa shape index (κ3) is 2.95. The van der Waals surface area contributed by atoms with Gasteiger partial charge in [0, 0.05) is 36.7 Å². The van der Waals surface area contributed by atoms with Crippen LogP contribution < -0.4 is 5.73 Å². The van der Waals surface area contributed by atoms with Crippen molar-refractivity contribution in [1.82, 2.24) is 34.0 Å². The molecule has 1 aliphatic heterocycles. The summed E-state index contributed by atoms with van der Waals surface area (Å²) in [5.74, 6) is 1.26. The van der Waals surface area contributed by atoms with Crippen LogP contribution in [0.4, 0.5) is 5.95 Å². The van der Waals surface area contributed by atoms with E-state index in [9.17, 15) is 0 Å². The van der Waals surface area contributed by atoms with Gasteiger partial charge in [-0.3, -0.25) is 0 Å². The number of nitrogen functional groups attached to an aromatic ring is 1. The fourth-order valence-electron chi connectivity index (χ4n) is 4.11. The van der Waals surface area contributed by atoms with E-state index >= 15 is 0 Å². The van der Waals surface area contributed by atoms with Crippen LogP contribution in [0.5, 0.6) is 0 Å². The van der Waals surface area contributed by atoms with Gasteiger partial charge in [0.1, 0.15) is 17.6 Å². The third-order valence-electron chi connectivity index (χ3n) is 5.60. The fourth-order valence-corrected chi connectivity index (χ4v) is 4.11. The highest BCUT2D eigenvalue weighted by molar-refractivity contribution is 5.88. The number of hydrogen-bond acceptors (Lipinski definition) is 8. The Hall–Kier alpha value is -3.79. The molecule has 156 valence electrons. The minimum atomic E-state index is 0.131. The number of pyridine rings is 1. The minimum Gasteiger partial charge on any atom is -0.443 e. The Bertz CT molecular complexity index is 1400. The number of fused-ring (bicyclic) bond motifs is 2. The van der Waals surface area contributed by atoms with E-state index < -0.39 is 0 Å². The van der Waals surface area contributed by atoms with Crippen LogP contribution >= 0.6 is 0 Å². The van der Waals surface area contributed by atoms with Crippen molar-refractivity contribution in [2.45, 2.75) is 32.3 Å². The van der Waals surface area contributed by atoms with Crippen LogP contribution in [0.1, 0.15) is 24.4 Å². The number of aromatic nitrogens is 7. The van der Waals surface area contributed by atoms with Crippen LogP contribution in [0.15, 0.2) is 41.4 Å². The Morgan fingerprint density at radius 3 is 2.97 bits per heavy atom. The highest BCUT2D eigenvalue weighted by atomic mass is 16.5. The molecular weight excluding hydrogens is 396 g/mol. The molecule has 2 N–H and O–H groups in total. The predicted octanol–water partition coefficient (Wildman–Crippen LogP) is 2.71. The lowest BCUT2D eigenvalue weighted by Crippen LogP contribution is -2.10. The molecule has 10 nitrogen and oxygen atoms in total. The summed E-state index contributed by atoms with van der Waals surface area (Å²) in [4.78, 5) is 18.1. The monoisotopic (exact) mass is 416 g/mol. The standard InChI is InChI=1S/C21H20N8O2/c1-12-10-24-16-5-4-13(11-28(12)16)17-18(20-23-6-8-31-20)26-21(22)29-19(17)25-15(27-29)9-14-3-2-7-30-14/h4-6,8,10-11,14H,2-3,7,9H2,1H3,(H2,22,26)/t14-/m1/s1. The lowest BCUT2D eigenvalue weighted by Gasteiger charge is -2.10. The van der Waals surface area contributed by atoms with Crippen molar-refractivity contribution in [2.24, 2.45) is 0 Å². The van der Waals surface area contributed by atoms with E-state index in [1.165, 1.54) is 6.26 Å². The van der Waals surface area contributed by atoms with Gasteiger partial charge in [0.05, 0.1) is 17.9 Å². The van der Waals surface area contributed by atoms with Gasteiger partial charge in [-0.25, -0.2) is 19.9 Å². The van der Waals surface area contributed by atoms with E-state index in [0.717, 1.165) is 41.9 Å². The predicted molar refractivity (Wildman–Crippen MR) is 112 cm³/mol. The molecule has 0 aliphatic carbocycles.